The minimum Gasteiger partial charge on any atom is -0.381 e. The molecule has 4 rings (SSSR count). The van der Waals surface area contributed by atoms with Crippen LogP contribution in [0.3, 0.4) is 0 Å². The number of aliphatic hydroxyl groups is 1. The third kappa shape index (κ3) is 4.50. The molecule has 30 heavy (non-hydrogen) atoms. The summed E-state index contributed by atoms with van der Waals surface area (Å²) in [5.41, 5.74) is 2.08. The summed E-state index contributed by atoms with van der Waals surface area (Å²) in [4.78, 5) is 17.2. The van der Waals surface area contributed by atoms with Crippen LogP contribution in [0, 0.1) is 17.7 Å². The highest BCUT2D eigenvalue weighted by Crippen LogP contribution is 2.26. The van der Waals surface area contributed by atoms with Crippen molar-refractivity contribution in [2.75, 3.05) is 13.2 Å². The van der Waals surface area contributed by atoms with Crippen LogP contribution in [0.25, 0.3) is 10.9 Å². The molecule has 2 N–H and O–H groups in total. The van der Waals surface area contributed by atoms with E-state index in [-0.39, 0.29) is 22.9 Å². The van der Waals surface area contributed by atoms with Crippen molar-refractivity contribution in [3.63, 3.8) is 0 Å². The molecule has 3 heterocycles. The minimum atomic E-state index is -0.764. The summed E-state index contributed by atoms with van der Waals surface area (Å²) in [6.45, 7) is 3.49. The predicted molar refractivity (Wildman–Crippen MR) is 113 cm³/mol. The summed E-state index contributed by atoms with van der Waals surface area (Å²) in [6.07, 6.45) is 9.28. The Bertz CT molecular complexity index is 1040. The molecule has 0 aliphatic carbocycles. The van der Waals surface area contributed by atoms with Gasteiger partial charge < -0.3 is 15.2 Å². The molecule has 2 unspecified atom stereocenters. The summed E-state index contributed by atoms with van der Waals surface area (Å²) in [5.74, 6) is -0.0634. The molecule has 5 nitrogen and oxygen atoms in total. The van der Waals surface area contributed by atoms with Crippen molar-refractivity contribution in [2.24, 2.45) is 11.8 Å². The molecule has 6 heteroatoms. The predicted octanol–water partition coefficient (Wildman–Crippen LogP) is 3.69. The van der Waals surface area contributed by atoms with Gasteiger partial charge in [0.25, 0.3) is 0 Å². The van der Waals surface area contributed by atoms with Crippen LogP contribution in [0.4, 0.5) is 4.39 Å². The fraction of sp³-hybridized carbons (Fsp3) is 0.333. The first-order valence-corrected chi connectivity index (χ1v) is 10.2. The molecule has 1 aromatic heterocycles. The summed E-state index contributed by atoms with van der Waals surface area (Å²) in [6, 6.07) is 6.51. The Labute approximate surface area is 175 Å². The molecule has 0 bridgehead atoms. The molecule has 0 amide bonds. The number of halogens is 1. The number of hydrogen-bond acceptors (Lipinski definition) is 5. The molecule has 0 saturated carbocycles. The second kappa shape index (κ2) is 8.90. The number of aliphatic hydroxyl groups excluding tert-OH is 1. The Kier molecular flexibility index (Phi) is 6.06. The molecule has 1 fully saturated rings. The zero-order chi connectivity index (χ0) is 21.1. The van der Waals surface area contributed by atoms with E-state index in [1.54, 1.807) is 36.6 Å². The Morgan fingerprint density at radius 1 is 1.43 bits per heavy atom. The lowest BCUT2D eigenvalue weighted by Crippen LogP contribution is -2.24. The Morgan fingerprint density at radius 3 is 3.10 bits per heavy atom. The quantitative estimate of drug-likeness (QED) is 0.583. The number of aromatic nitrogens is 1. The SMILES string of the molecule is C[C@H]1COCCC1/C=C/C(=O)c1cc(CC2=CC(O)NC=C2)c2cccc(F)c2n1. The highest BCUT2D eigenvalue weighted by molar-refractivity contribution is 6.04. The average molecular weight is 408 g/mol. The van der Waals surface area contributed by atoms with E-state index in [2.05, 4.69) is 17.2 Å². The van der Waals surface area contributed by atoms with Crippen LogP contribution in [0.15, 0.2) is 60.3 Å². The monoisotopic (exact) mass is 408 g/mol. The van der Waals surface area contributed by atoms with Crippen molar-refractivity contribution < 1.29 is 19.0 Å². The second-order valence-electron chi connectivity index (χ2n) is 7.89. The summed E-state index contributed by atoms with van der Waals surface area (Å²) >= 11 is 0. The first-order chi connectivity index (χ1) is 14.5. The van der Waals surface area contributed by atoms with Gasteiger partial charge in [-0.1, -0.05) is 25.1 Å². The van der Waals surface area contributed by atoms with Gasteiger partial charge in [-0.25, -0.2) is 9.37 Å². The Morgan fingerprint density at radius 2 is 2.30 bits per heavy atom. The highest BCUT2D eigenvalue weighted by Gasteiger charge is 2.20. The summed E-state index contributed by atoms with van der Waals surface area (Å²) < 4.78 is 19.9. The fourth-order valence-corrected chi connectivity index (χ4v) is 3.93. The second-order valence-corrected chi connectivity index (χ2v) is 7.89. The van der Waals surface area contributed by atoms with Gasteiger partial charge in [0, 0.05) is 18.6 Å². The number of dihydropyridines is 1. The zero-order valence-corrected chi connectivity index (χ0v) is 16.8. The molecular weight excluding hydrogens is 383 g/mol. The fourth-order valence-electron chi connectivity index (χ4n) is 3.93. The number of carbonyl (C=O) groups excluding carboxylic acids is 1. The van der Waals surface area contributed by atoms with E-state index >= 15 is 0 Å². The van der Waals surface area contributed by atoms with E-state index in [1.165, 1.54) is 6.07 Å². The number of ether oxygens (including phenoxy) is 1. The number of pyridine rings is 1. The van der Waals surface area contributed by atoms with Gasteiger partial charge >= 0.3 is 0 Å². The number of nitrogens with zero attached hydrogens (tertiary/aromatic N) is 1. The van der Waals surface area contributed by atoms with Gasteiger partial charge in [-0.3, -0.25) is 4.79 Å². The van der Waals surface area contributed by atoms with Gasteiger partial charge in [0.1, 0.15) is 23.3 Å². The van der Waals surface area contributed by atoms with Crippen molar-refractivity contribution in [3.8, 4) is 0 Å². The third-order valence-electron chi connectivity index (χ3n) is 5.66. The van der Waals surface area contributed by atoms with E-state index in [9.17, 15) is 14.3 Å². The van der Waals surface area contributed by atoms with Crippen LogP contribution >= 0.6 is 0 Å². The maximum atomic E-state index is 14.5. The maximum absolute atomic E-state index is 14.5. The van der Waals surface area contributed by atoms with Gasteiger partial charge in [-0.05, 0) is 72.4 Å². The number of ketones is 1. The average Bonchev–Trinajstić information content (AvgIpc) is 2.73. The molecular formula is C24H25FN2O3. The van der Waals surface area contributed by atoms with Gasteiger partial charge in [-0.15, -0.1) is 0 Å². The van der Waals surface area contributed by atoms with E-state index in [4.69, 9.17) is 4.74 Å². The van der Waals surface area contributed by atoms with Gasteiger partial charge in [0.15, 0.2) is 0 Å². The van der Waals surface area contributed by atoms with Crippen LogP contribution in [0.5, 0.6) is 0 Å². The van der Waals surface area contributed by atoms with E-state index < -0.39 is 12.0 Å². The zero-order valence-electron chi connectivity index (χ0n) is 16.8. The lowest BCUT2D eigenvalue weighted by atomic mass is 9.89. The number of allylic oxidation sites excluding steroid dienone is 4. The van der Waals surface area contributed by atoms with E-state index in [0.717, 1.165) is 17.6 Å². The Balaban J connectivity index is 1.67. The number of fused-ring (bicyclic) bond motifs is 1. The number of carbonyl (C=O) groups is 1. The van der Waals surface area contributed by atoms with E-state index in [1.807, 2.05) is 12.2 Å². The molecule has 2 aliphatic heterocycles. The van der Waals surface area contributed by atoms with Gasteiger partial charge in [0.05, 0.1) is 0 Å². The van der Waals surface area contributed by atoms with Crippen LogP contribution in [-0.4, -0.2) is 35.3 Å². The molecule has 2 aliphatic rings. The van der Waals surface area contributed by atoms with E-state index in [0.29, 0.717) is 30.9 Å². The van der Waals surface area contributed by atoms with Crippen molar-refractivity contribution in [1.82, 2.24) is 10.3 Å². The normalized spacial score (nSPS) is 24.1. The minimum absolute atomic E-state index is 0.185. The van der Waals surface area contributed by atoms with Crippen LogP contribution in [0.1, 0.15) is 29.4 Å². The van der Waals surface area contributed by atoms with Crippen LogP contribution < -0.4 is 5.32 Å². The largest absolute Gasteiger partial charge is 0.381 e. The number of benzene rings is 1. The van der Waals surface area contributed by atoms with Crippen molar-refractivity contribution in [3.05, 3.63) is 77.4 Å². The lowest BCUT2D eigenvalue weighted by Gasteiger charge is -2.26. The first-order valence-electron chi connectivity index (χ1n) is 10.2. The van der Waals surface area contributed by atoms with Gasteiger partial charge in [-0.2, -0.15) is 0 Å². The number of hydrogen-bond donors (Lipinski definition) is 2. The number of para-hydroxylation sites is 1. The van der Waals surface area contributed by atoms with Crippen molar-refractivity contribution in [2.45, 2.75) is 26.0 Å². The smallest absolute Gasteiger partial charge is 0.203 e. The first kappa shape index (κ1) is 20.4. The molecule has 1 saturated heterocycles. The Hall–Kier alpha value is -2.83. The van der Waals surface area contributed by atoms with Gasteiger partial charge in [0.2, 0.25) is 5.78 Å². The molecule has 0 spiro atoms. The molecule has 156 valence electrons. The third-order valence-corrected chi connectivity index (χ3v) is 5.66. The molecule has 1 aromatic carbocycles. The topological polar surface area (TPSA) is 71.5 Å². The molecule has 0 radical (unpaired) electrons. The number of nitrogens with one attached hydrogen (secondary N) is 1. The van der Waals surface area contributed by atoms with Crippen molar-refractivity contribution in [1.29, 1.82) is 0 Å². The standard InChI is InChI=1S/C24H25FN2O3/c1-15-14-30-10-8-17(15)5-6-22(28)21-13-18(11-16-7-9-26-23(29)12-16)19-3-2-4-20(25)24(19)27-21/h2-7,9,12-13,15,17,23,26,29H,8,10-11,14H2,1H3/b6-5+/t15-,17?,23?/m0/s1. The summed E-state index contributed by atoms with van der Waals surface area (Å²) in [7, 11) is 0. The van der Waals surface area contributed by atoms with Crippen LogP contribution in [-0.2, 0) is 11.2 Å². The number of rotatable bonds is 5. The van der Waals surface area contributed by atoms with Crippen LogP contribution in [0.2, 0.25) is 0 Å². The summed E-state index contributed by atoms with van der Waals surface area (Å²) in [5, 5.41) is 13.2. The highest BCUT2D eigenvalue weighted by atomic mass is 19.1. The lowest BCUT2D eigenvalue weighted by molar-refractivity contribution is 0.0386. The molecule has 2 aromatic rings. The molecule has 3 atom stereocenters. The van der Waals surface area contributed by atoms with Crippen molar-refractivity contribution >= 4 is 16.7 Å². The maximum Gasteiger partial charge on any atom is 0.203 e.